The van der Waals surface area contributed by atoms with Crippen LogP contribution in [-0.4, -0.2) is 66.0 Å². The summed E-state index contributed by atoms with van der Waals surface area (Å²) in [6.07, 6.45) is -1.46. The number of rotatable bonds is 8. The number of fused-ring (bicyclic) bond motifs is 2. The Morgan fingerprint density at radius 1 is 1.20 bits per heavy atom. The van der Waals surface area contributed by atoms with Gasteiger partial charge in [-0.25, -0.2) is 0 Å². The molecule has 0 bridgehead atoms. The Hall–Kier alpha value is -4.37. The van der Waals surface area contributed by atoms with E-state index in [2.05, 4.69) is 25.6 Å². The number of nitrogens with two attached hydrogens (primary N) is 1. The Labute approximate surface area is 236 Å². The summed E-state index contributed by atoms with van der Waals surface area (Å²) in [6, 6.07) is 6.14. The summed E-state index contributed by atoms with van der Waals surface area (Å²) >= 11 is 0.251. The van der Waals surface area contributed by atoms with Gasteiger partial charge in [0.25, 0.3) is 5.91 Å². The monoisotopic (exact) mass is 588 g/mol. The van der Waals surface area contributed by atoms with Gasteiger partial charge in [-0.15, -0.1) is 11.3 Å². The minimum absolute atomic E-state index is 0.0400. The Morgan fingerprint density at radius 2 is 1.98 bits per heavy atom. The van der Waals surface area contributed by atoms with Crippen LogP contribution in [0.15, 0.2) is 30.5 Å². The van der Waals surface area contributed by atoms with Gasteiger partial charge in [0, 0.05) is 18.4 Å². The number of aromatic nitrogens is 3. The van der Waals surface area contributed by atoms with E-state index in [-0.39, 0.29) is 46.1 Å². The second-order valence-corrected chi connectivity index (χ2v) is 10.7. The van der Waals surface area contributed by atoms with Gasteiger partial charge >= 0.3 is 6.18 Å². The topological polar surface area (TPSA) is 142 Å². The normalized spacial score (nSPS) is 13.4. The van der Waals surface area contributed by atoms with E-state index in [1.54, 1.807) is 23.2 Å². The number of primary amides is 1. The van der Waals surface area contributed by atoms with Crippen LogP contribution < -0.4 is 26.0 Å². The number of halogens is 3. The first-order valence-corrected chi connectivity index (χ1v) is 13.3. The van der Waals surface area contributed by atoms with E-state index in [1.807, 2.05) is 25.1 Å². The van der Waals surface area contributed by atoms with Crippen molar-refractivity contribution in [3.63, 3.8) is 0 Å². The number of H-pyrrole nitrogens is 1. The standard InChI is InChI=1S/C26H27F3N8O3S/c1-36(2)12-20(38)37-8-4-5-13-9-18(40-3)15(10-17(13)37)33-25-34-23-14(6-7-31-23)24(35-25)32-16-11-19(26(27,28)29)41-21(16)22(30)39/h6-7,9-11H,4-5,8,12H2,1-3H3,(H2,30,39)(H3,31,32,33,34,35). The molecule has 1 aliphatic rings. The number of methoxy groups -OCH3 is 1. The number of likely N-dealkylation sites (N-methyl/N-ethyl adjacent to an activating group) is 1. The minimum Gasteiger partial charge on any atom is -0.495 e. The molecule has 0 unspecified atom stereocenters. The molecule has 1 aromatic carbocycles. The van der Waals surface area contributed by atoms with Crippen molar-refractivity contribution in [1.29, 1.82) is 0 Å². The number of ether oxygens (including phenoxy) is 1. The zero-order valence-electron chi connectivity index (χ0n) is 22.3. The lowest BCUT2D eigenvalue weighted by molar-refractivity contribution is -0.134. The maximum Gasteiger partial charge on any atom is 0.425 e. The summed E-state index contributed by atoms with van der Waals surface area (Å²) in [7, 11) is 5.18. The average Bonchev–Trinajstić information content (AvgIpc) is 3.55. The number of aryl methyl sites for hydroxylation is 1. The lowest BCUT2D eigenvalue weighted by Gasteiger charge is -2.31. The Balaban J connectivity index is 1.53. The molecule has 0 radical (unpaired) electrons. The average molecular weight is 589 g/mol. The molecule has 11 nitrogen and oxygen atoms in total. The number of thiophene rings is 1. The number of nitrogens with one attached hydrogen (secondary N) is 3. The first kappa shape index (κ1) is 28.2. The zero-order chi connectivity index (χ0) is 29.5. The third-order valence-electron chi connectivity index (χ3n) is 6.42. The molecule has 41 heavy (non-hydrogen) atoms. The summed E-state index contributed by atoms with van der Waals surface area (Å²) in [5.74, 6) is -0.305. The van der Waals surface area contributed by atoms with Gasteiger partial charge in [-0.3, -0.25) is 9.59 Å². The summed E-state index contributed by atoms with van der Waals surface area (Å²) < 4.78 is 45.7. The summed E-state index contributed by atoms with van der Waals surface area (Å²) in [6.45, 7) is 0.828. The van der Waals surface area contributed by atoms with Crippen molar-refractivity contribution in [2.24, 2.45) is 5.73 Å². The van der Waals surface area contributed by atoms with Gasteiger partial charge in [-0.2, -0.15) is 23.1 Å². The third-order valence-corrected chi connectivity index (χ3v) is 7.62. The maximum atomic E-state index is 13.4. The maximum absolute atomic E-state index is 13.4. The zero-order valence-corrected chi connectivity index (χ0v) is 23.2. The van der Waals surface area contributed by atoms with Crippen LogP contribution in [0, 0.1) is 0 Å². The Bertz CT molecular complexity index is 1630. The highest BCUT2D eigenvalue weighted by atomic mass is 32.1. The van der Waals surface area contributed by atoms with E-state index in [0.717, 1.165) is 30.2 Å². The van der Waals surface area contributed by atoms with E-state index in [4.69, 9.17) is 10.5 Å². The molecule has 2 amide bonds. The quantitative estimate of drug-likeness (QED) is 0.236. The summed E-state index contributed by atoms with van der Waals surface area (Å²) in [5, 5.41) is 6.43. The lowest BCUT2D eigenvalue weighted by atomic mass is 10.00. The highest BCUT2D eigenvalue weighted by Crippen LogP contribution is 2.41. The molecular weight excluding hydrogens is 561 g/mol. The van der Waals surface area contributed by atoms with Crippen LogP contribution in [0.2, 0.25) is 0 Å². The smallest absolute Gasteiger partial charge is 0.425 e. The Morgan fingerprint density at radius 3 is 2.66 bits per heavy atom. The molecule has 1 aliphatic heterocycles. The molecule has 4 heterocycles. The van der Waals surface area contributed by atoms with Gasteiger partial charge in [0.1, 0.15) is 27.0 Å². The van der Waals surface area contributed by atoms with E-state index < -0.39 is 17.0 Å². The van der Waals surface area contributed by atoms with Crippen LogP contribution in [0.3, 0.4) is 0 Å². The third kappa shape index (κ3) is 5.76. The molecule has 5 N–H and O–H groups in total. The second-order valence-electron chi connectivity index (χ2n) is 9.67. The Kier molecular flexibility index (Phi) is 7.48. The molecule has 0 atom stereocenters. The highest BCUT2D eigenvalue weighted by molar-refractivity contribution is 7.14. The molecule has 0 aliphatic carbocycles. The summed E-state index contributed by atoms with van der Waals surface area (Å²) in [5.41, 5.74) is 7.82. The fourth-order valence-corrected chi connectivity index (χ4v) is 5.47. The number of nitrogens with zero attached hydrogens (tertiary/aromatic N) is 4. The van der Waals surface area contributed by atoms with Crippen LogP contribution in [0.25, 0.3) is 11.0 Å². The van der Waals surface area contributed by atoms with Gasteiger partial charge in [-0.05, 0) is 56.8 Å². The molecule has 4 aromatic rings. The van der Waals surface area contributed by atoms with Crippen molar-refractivity contribution in [1.82, 2.24) is 19.9 Å². The number of anilines is 5. The predicted molar refractivity (Wildman–Crippen MR) is 151 cm³/mol. The first-order chi connectivity index (χ1) is 19.4. The first-order valence-electron chi connectivity index (χ1n) is 12.5. The SMILES string of the molecule is COc1cc2c(cc1Nc1nc(Nc3cc(C(F)(F)F)sc3C(N)=O)c3cc[nH]c3n1)N(C(=O)CN(C)C)CCC2. The number of carbonyl (C=O) groups is 2. The number of hydrogen-bond acceptors (Lipinski definition) is 9. The minimum atomic E-state index is -4.65. The van der Waals surface area contributed by atoms with Crippen LogP contribution in [0.5, 0.6) is 5.75 Å². The van der Waals surface area contributed by atoms with Crippen molar-refractivity contribution >= 4 is 63.0 Å². The predicted octanol–water partition coefficient (Wildman–Crippen LogP) is 4.47. The number of aromatic amines is 1. The van der Waals surface area contributed by atoms with Gasteiger partial charge in [0.15, 0.2) is 0 Å². The number of alkyl halides is 3. The molecule has 0 fully saturated rings. The second kappa shape index (κ2) is 10.9. The van der Waals surface area contributed by atoms with Crippen LogP contribution in [0.4, 0.5) is 42.0 Å². The van der Waals surface area contributed by atoms with Crippen molar-refractivity contribution in [2.45, 2.75) is 19.0 Å². The molecule has 0 saturated carbocycles. The lowest BCUT2D eigenvalue weighted by Crippen LogP contribution is -2.40. The van der Waals surface area contributed by atoms with Crippen LogP contribution >= 0.6 is 11.3 Å². The molecule has 3 aromatic heterocycles. The van der Waals surface area contributed by atoms with E-state index in [1.165, 1.54) is 7.11 Å². The number of amides is 2. The molecule has 216 valence electrons. The summed E-state index contributed by atoms with van der Waals surface area (Å²) in [4.78, 5) is 39.1. The van der Waals surface area contributed by atoms with Crippen molar-refractivity contribution < 1.29 is 27.5 Å². The fraction of sp³-hybridized carbons (Fsp3) is 0.308. The molecule has 0 spiro atoms. The fourth-order valence-electron chi connectivity index (χ4n) is 4.64. The van der Waals surface area contributed by atoms with Crippen molar-refractivity contribution in [3.8, 4) is 5.75 Å². The van der Waals surface area contributed by atoms with E-state index in [0.29, 0.717) is 29.0 Å². The van der Waals surface area contributed by atoms with Crippen LogP contribution in [-0.2, 0) is 17.4 Å². The van der Waals surface area contributed by atoms with E-state index >= 15 is 0 Å². The van der Waals surface area contributed by atoms with E-state index in [9.17, 15) is 22.8 Å². The molecule has 5 rings (SSSR count). The molecule has 15 heteroatoms. The van der Waals surface area contributed by atoms with Crippen LogP contribution in [0.1, 0.15) is 26.5 Å². The van der Waals surface area contributed by atoms with Crippen molar-refractivity contribution in [3.05, 3.63) is 45.8 Å². The largest absolute Gasteiger partial charge is 0.495 e. The number of carbonyl (C=O) groups excluding carboxylic acids is 2. The van der Waals surface area contributed by atoms with Gasteiger partial charge in [0.05, 0.1) is 30.4 Å². The molecule has 0 saturated heterocycles. The highest BCUT2D eigenvalue weighted by Gasteiger charge is 2.35. The number of benzene rings is 1. The van der Waals surface area contributed by atoms with Gasteiger partial charge in [-0.1, -0.05) is 0 Å². The molecular formula is C26H27F3N8O3S. The van der Waals surface area contributed by atoms with Gasteiger partial charge < -0.3 is 35.9 Å². The van der Waals surface area contributed by atoms with Gasteiger partial charge in [0.2, 0.25) is 11.9 Å². The number of hydrogen-bond donors (Lipinski definition) is 4. The van der Waals surface area contributed by atoms with Crippen molar-refractivity contribution in [2.75, 3.05) is 49.8 Å².